The normalized spacial score (nSPS) is 15.2. The molecule has 1 aliphatic rings. The van der Waals surface area contributed by atoms with Crippen LogP contribution < -0.4 is 10.1 Å². The van der Waals surface area contributed by atoms with Crippen LogP contribution in [-0.4, -0.2) is 46.2 Å². The summed E-state index contributed by atoms with van der Waals surface area (Å²) < 4.78 is 25.1. The van der Waals surface area contributed by atoms with Crippen LogP contribution in [0.3, 0.4) is 0 Å². The molecule has 0 aliphatic carbocycles. The Hall–Kier alpha value is -4.08. The van der Waals surface area contributed by atoms with Crippen molar-refractivity contribution in [2.45, 2.75) is 6.04 Å². The molecule has 4 rings (SSSR count). The molecule has 3 aromatic rings. The average molecular weight is 409 g/mol. The first kappa shape index (κ1) is 19.2. The number of hydrogen-bond acceptors (Lipinski definition) is 8. The zero-order valence-electron chi connectivity index (χ0n) is 16.0. The number of anilines is 1. The molecule has 0 bridgehead atoms. The fraction of sp³-hybridized carbons (Fsp3) is 0.150. The zero-order valence-corrected chi connectivity index (χ0v) is 16.0. The number of carbonyl (C=O) groups is 2. The SMILES string of the molecule is COC(=O)C1=C(C(=O)c2ccc(F)cc2)[C@H](c2ccccc2OC)n2nnnc2N1. The Bertz CT molecular complexity index is 1160. The van der Waals surface area contributed by atoms with Gasteiger partial charge in [-0.1, -0.05) is 23.3 Å². The van der Waals surface area contributed by atoms with Crippen molar-refractivity contribution in [1.82, 2.24) is 20.2 Å². The predicted molar refractivity (Wildman–Crippen MR) is 102 cm³/mol. The highest BCUT2D eigenvalue weighted by atomic mass is 19.1. The number of carbonyl (C=O) groups excluding carboxylic acids is 2. The van der Waals surface area contributed by atoms with Gasteiger partial charge in [-0.05, 0) is 40.8 Å². The van der Waals surface area contributed by atoms with Gasteiger partial charge in [0.25, 0.3) is 0 Å². The van der Waals surface area contributed by atoms with Crippen LogP contribution in [0.5, 0.6) is 5.75 Å². The molecule has 0 fully saturated rings. The number of allylic oxidation sites excluding steroid dienone is 1. The number of Topliss-reactive ketones (excluding diaryl/α,β-unsaturated/α-hetero) is 1. The third kappa shape index (κ3) is 3.17. The van der Waals surface area contributed by atoms with Crippen LogP contribution in [-0.2, 0) is 9.53 Å². The van der Waals surface area contributed by atoms with Gasteiger partial charge >= 0.3 is 5.97 Å². The molecule has 30 heavy (non-hydrogen) atoms. The van der Waals surface area contributed by atoms with E-state index in [2.05, 4.69) is 20.8 Å². The lowest BCUT2D eigenvalue weighted by Gasteiger charge is -2.28. The van der Waals surface area contributed by atoms with Gasteiger partial charge in [-0.3, -0.25) is 4.79 Å². The van der Waals surface area contributed by atoms with Crippen molar-refractivity contribution >= 4 is 17.7 Å². The van der Waals surface area contributed by atoms with Crippen molar-refractivity contribution in [2.24, 2.45) is 0 Å². The second-order valence-corrected chi connectivity index (χ2v) is 6.33. The largest absolute Gasteiger partial charge is 0.496 e. The number of nitrogens with one attached hydrogen (secondary N) is 1. The predicted octanol–water partition coefficient (Wildman–Crippen LogP) is 2.15. The van der Waals surface area contributed by atoms with E-state index in [0.29, 0.717) is 11.3 Å². The lowest BCUT2D eigenvalue weighted by molar-refractivity contribution is -0.136. The molecular formula is C20H16FN5O4. The van der Waals surface area contributed by atoms with Crippen molar-refractivity contribution in [3.63, 3.8) is 0 Å². The lowest BCUT2D eigenvalue weighted by Crippen LogP contribution is -2.33. The molecule has 2 heterocycles. The minimum absolute atomic E-state index is 0.0396. The first-order valence-electron chi connectivity index (χ1n) is 8.85. The highest BCUT2D eigenvalue weighted by molar-refractivity contribution is 6.15. The summed E-state index contributed by atoms with van der Waals surface area (Å²) in [7, 11) is 2.69. The van der Waals surface area contributed by atoms with Crippen molar-refractivity contribution in [3.05, 3.63) is 76.7 Å². The van der Waals surface area contributed by atoms with E-state index in [-0.39, 0.29) is 22.8 Å². The van der Waals surface area contributed by atoms with E-state index in [4.69, 9.17) is 9.47 Å². The number of para-hydroxylation sites is 1. The molecule has 1 aromatic heterocycles. The van der Waals surface area contributed by atoms with Gasteiger partial charge in [-0.25, -0.2) is 9.18 Å². The number of nitrogens with zero attached hydrogens (tertiary/aromatic N) is 4. The van der Waals surface area contributed by atoms with Crippen LogP contribution in [0.2, 0.25) is 0 Å². The summed E-state index contributed by atoms with van der Waals surface area (Å²) in [5.74, 6) is -1.14. The van der Waals surface area contributed by atoms with Gasteiger partial charge in [0.05, 0.1) is 19.8 Å². The molecule has 0 amide bonds. The first-order chi connectivity index (χ1) is 14.5. The Morgan fingerprint density at radius 1 is 1.10 bits per heavy atom. The Morgan fingerprint density at radius 2 is 1.83 bits per heavy atom. The third-order valence-electron chi connectivity index (χ3n) is 4.69. The van der Waals surface area contributed by atoms with Gasteiger partial charge < -0.3 is 14.8 Å². The van der Waals surface area contributed by atoms with Crippen LogP contribution in [0.25, 0.3) is 0 Å². The maximum atomic E-state index is 13.5. The summed E-state index contributed by atoms with van der Waals surface area (Å²) in [6.45, 7) is 0. The molecule has 1 aliphatic heterocycles. The number of fused-ring (bicyclic) bond motifs is 1. The molecule has 10 heteroatoms. The van der Waals surface area contributed by atoms with Crippen LogP contribution in [0.15, 0.2) is 59.8 Å². The van der Waals surface area contributed by atoms with Crippen LogP contribution in [0.1, 0.15) is 22.0 Å². The highest BCUT2D eigenvalue weighted by Gasteiger charge is 2.39. The summed E-state index contributed by atoms with van der Waals surface area (Å²) in [5, 5.41) is 14.3. The van der Waals surface area contributed by atoms with E-state index >= 15 is 0 Å². The quantitative estimate of drug-likeness (QED) is 0.504. The van der Waals surface area contributed by atoms with Gasteiger partial charge in [0.15, 0.2) is 5.78 Å². The van der Waals surface area contributed by atoms with E-state index in [0.717, 1.165) is 0 Å². The lowest BCUT2D eigenvalue weighted by atomic mass is 9.89. The van der Waals surface area contributed by atoms with Crippen molar-refractivity contribution < 1.29 is 23.5 Å². The molecule has 0 radical (unpaired) electrons. The monoisotopic (exact) mass is 409 g/mol. The summed E-state index contributed by atoms with van der Waals surface area (Å²) in [6, 6.07) is 11.1. The van der Waals surface area contributed by atoms with Gasteiger partial charge in [0.2, 0.25) is 5.95 Å². The highest BCUT2D eigenvalue weighted by Crippen LogP contribution is 2.40. The zero-order chi connectivity index (χ0) is 21.3. The first-order valence-corrected chi connectivity index (χ1v) is 8.85. The Kier molecular flexibility index (Phi) is 4.97. The van der Waals surface area contributed by atoms with Gasteiger partial charge in [0.1, 0.15) is 23.3 Å². The van der Waals surface area contributed by atoms with Crippen molar-refractivity contribution in [1.29, 1.82) is 0 Å². The molecule has 9 nitrogen and oxygen atoms in total. The standard InChI is InChI=1S/C20H16FN5O4/c1-29-14-6-4-3-5-13(14)17-15(18(27)11-7-9-12(21)10-8-11)16(19(28)30-2)22-20-23-24-25-26(17)20/h3-10,17H,1-2H3,(H,22,23,25)/t17-/m0/s1. The van der Waals surface area contributed by atoms with E-state index in [9.17, 15) is 14.0 Å². The van der Waals surface area contributed by atoms with Crippen LogP contribution >= 0.6 is 0 Å². The maximum Gasteiger partial charge on any atom is 0.355 e. The fourth-order valence-electron chi connectivity index (χ4n) is 3.33. The molecule has 0 saturated carbocycles. The van der Waals surface area contributed by atoms with Crippen molar-refractivity contribution in [3.8, 4) is 5.75 Å². The number of esters is 1. The molecular weight excluding hydrogens is 393 g/mol. The Labute approximate surface area is 170 Å². The van der Waals surface area contributed by atoms with E-state index < -0.39 is 23.6 Å². The number of tetrazole rings is 1. The molecule has 1 atom stereocenters. The Balaban J connectivity index is 1.98. The number of halogens is 1. The van der Waals surface area contributed by atoms with Crippen LogP contribution in [0.4, 0.5) is 10.3 Å². The van der Waals surface area contributed by atoms with Crippen LogP contribution in [0, 0.1) is 5.82 Å². The van der Waals surface area contributed by atoms with Gasteiger partial charge in [-0.15, -0.1) is 0 Å². The second-order valence-electron chi connectivity index (χ2n) is 6.33. The minimum Gasteiger partial charge on any atom is -0.496 e. The number of benzene rings is 2. The topological polar surface area (TPSA) is 108 Å². The maximum absolute atomic E-state index is 13.5. The summed E-state index contributed by atoms with van der Waals surface area (Å²) in [6.07, 6.45) is 0. The summed E-state index contributed by atoms with van der Waals surface area (Å²) in [4.78, 5) is 26.1. The van der Waals surface area contributed by atoms with Gasteiger partial charge in [0, 0.05) is 11.1 Å². The third-order valence-corrected chi connectivity index (χ3v) is 4.69. The summed E-state index contributed by atoms with van der Waals surface area (Å²) >= 11 is 0. The fourth-order valence-corrected chi connectivity index (χ4v) is 3.33. The number of ketones is 1. The number of methoxy groups -OCH3 is 2. The van der Waals surface area contributed by atoms with E-state index in [1.165, 1.54) is 43.2 Å². The number of aromatic nitrogens is 4. The van der Waals surface area contributed by atoms with E-state index in [1.54, 1.807) is 24.3 Å². The second kappa shape index (κ2) is 7.74. The molecule has 0 saturated heterocycles. The molecule has 2 aromatic carbocycles. The molecule has 0 unspecified atom stereocenters. The van der Waals surface area contributed by atoms with Crippen molar-refractivity contribution in [2.75, 3.05) is 19.5 Å². The minimum atomic E-state index is -0.890. The molecule has 1 N–H and O–H groups in total. The smallest absolute Gasteiger partial charge is 0.355 e. The molecule has 152 valence electrons. The average Bonchev–Trinajstić information content (AvgIpc) is 3.25. The Morgan fingerprint density at radius 3 is 2.53 bits per heavy atom. The molecule has 0 spiro atoms. The number of hydrogen-bond donors (Lipinski definition) is 1. The van der Waals surface area contributed by atoms with E-state index in [1.807, 2.05) is 0 Å². The van der Waals surface area contributed by atoms with Gasteiger partial charge in [-0.2, -0.15) is 4.68 Å². The number of rotatable bonds is 5. The number of ether oxygens (including phenoxy) is 2. The summed E-state index contributed by atoms with van der Waals surface area (Å²) in [5.41, 5.74) is 0.677.